The van der Waals surface area contributed by atoms with E-state index >= 15 is 0 Å². The Hall–Kier alpha value is 0.603. The van der Waals surface area contributed by atoms with Crippen molar-refractivity contribution >= 4 is 0 Å². The molecule has 0 aromatic carbocycles. The van der Waals surface area contributed by atoms with Gasteiger partial charge in [0, 0.05) is 0 Å². The van der Waals surface area contributed by atoms with Gasteiger partial charge in [-0.25, -0.2) is 0 Å². The molecule has 10 heavy (non-hydrogen) atoms. The Balaban J connectivity index is -0.000000000179. The molecule has 0 unspecified atom stereocenters. The summed E-state index contributed by atoms with van der Waals surface area (Å²) in [5.41, 5.74) is 5.75. The molecule has 0 rings (SSSR count). The molecule has 0 atom stereocenters. The van der Waals surface area contributed by atoms with Crippen LogP contribution in [-0.4, -0.2) is 5.48 Å². The summed E-state index contributed by atoms with van der Waals surface area (Å²) in [7, 11) is 0. The third-order valence-corrected chi connectivity index (χ3v) is 0. The zero-order valence-corrected chi connectivity index (χ0v) is 8.02. The maximum absolute atomic E-state index is 7.25. The third kappa shape index (κ3) is 1370. The molecule has 0 aliphatic rings. The minimum Gasteiger partial charge on any atom is -1.00 e. The Morgan fingerprint density at radius 1 is 0.700 bits per heavy atom. The van der Waals surface area contributed by atoms with Crippen LogP contribution in [0.5, 0.6) is 0 Å². The molecule has 7 nitrogen and oxygen atoms in total. The van der Waals surface area contributed by atoms with E-state index < -0.39 is 0 Å². The maximum atomic E-state index is 7.25. The quantitative estimate of drug-likeness (QED) is 0.405. The fourth-order valence-corrected chi connectivity index (χ4v) is 0. The summed E-state index contributed by atoms with van der Waals surface area (Å²) in [5, 5.41) is 0. The van der Waals surface area contributed by atoms with Gasteiger partial charge in [-0.05, 0) is 0 Å². The van der Waals surface area contributed by atoms with Crippen LogP contribution in [0, 0.1) is 4.91 Å². The first kappa shape index (κ1) is 380. The zero-order valence-electron chi connectivity index (χ0n) is 4.77. The molecule has 0 aliphatic carbocycles. The van der Waals surface area contributed by atoms with Crippen LogP contribution in [0.15, 0.2) is 0 Å². The van der Waals surface area contributed by atoms with Crippen LogP contribution >= 0.6 is 0 Å². The first-order chi connectivity index (χ1) is 1.00. The molecule has 10 heteroatoms. The van der Waals surface area contributed by atoms with E-state index in [0.717, 1.165) is 0 Å². The Labute approximate surface area is 85.1 Å². The molecule has 0 amide bonds. The number of hydrogen-bond donors (Lipinski definition) is 0. The monoisotopic (exact) mass is 284 g/mol. The van der Waals surface area contributed by atoms with Gasteiger partial charge in [-0.1, -0.05) is 0 Å². The van der Waals surface area contributed by atoms with Crippen molar-refractivity contribution in [1.29, 1.82) is 0 Å². The maximum Gasteiger partial charge on any atom is 2.00 e. The van der Waals surface area contributed by atoms with Crippen molar-refractivity contribution in [3.8, 4) is 0 Å². The minimum atomic E-state index is 0. The summed E-state index contributed by atoms with van der Waals surface area (Å²) < 4.78 is 0. The molecule has 0 saturated carbocycles. The molecule has 10 N–H and O–H groups in total. The van der Waals surface area contributed by atoms with Crippen LogP contribution in [0.25, 0.3) is 30.2 Å². The van der Waals surface area contributed by atoms with Crippen molar-refractivity contribution in [3.05, 3.63) is 35.1 Å². The number of rotatable bonds is 0. The van der Waals surface area contributed by atoms with Gasteiger partial charge in [0.15, 0.2) is 0 Å². The van der Waals surface area contributed by atoms with Crippen LogP contribution in [0.3, 0.4) is 0 Å². The van der Waals surface area contributed by atoms with Gasteiger partial charge in [0.1, 0.15) is 0 Å². The van der Waals surface area contributed by atoms with E-state index in [9.17, 15) is 0 Å². The smallest absolute Gasteiger partial charge is 1.00 e. The van der Waals surface area contributed by atoms with Crippen molar-refractivity contribution < 1.29 is 49.8 Å². The second kappa shape index (κ2) is 1950. The van der Waals surface area contributed by atoms with Crippen molar-refractivity contribution in [2.24, 2.45) is 0 Å². The van der Waals surface area contributed by atoms with Gasteiger partial charge in [0.25, 0.3) is 0 Å². The second-order valence-corrected chi connectivity index (χ2v) is 0. The van der Waals surface area contributed by atoms with Gasteiger partial charge in [-0.3, -0.25) is 0 Å². The van der Waals surface area contributed by atoms with Gasteiger partial charge in [-0.15, -0.1) is 0 Å². The number of nitroso groups, excluding NO2 is 1. The fraction of sp³-hybridized carbons (Fsp3) is 0. The first-order valence-electron chi connectivity index (χ1n) is 0.183. The van der Waals surface area contributed by atoms with E-state index in [1.165, 1.54) is 0 Å². The number of nitrogens with zero attached hydrogens (tertiary/aromatic N) is 1. The number of hydrogen-bond acceptors (Lipinski definition) is 1. The molecule has 0 radical (unpaired) electrons. The largest absolute Gasteiger partial charge is 2.00 e. The van der Waals surface area contributed by atoms with Crippen molar-refractivity contribution in [2.75, 3.05) is 0 Å². The predicted octanol–water partition coefficient (Wildman–Crippen LogP) is -3.63. The molecule has 0 aromatic rings. The predicted molar refractivity (Wildman–Crippen MR) is 31.5 cm³/mol. The van der Waals surface area contributed by atoms with Crippen LogP contribution in [0.4, 0.5) is 0 Å². The van der Waals surface area contributed by atoms with Crippen LogP contribution in [0.2, 0.25) is 0 Å². The molecular formula is H10Cl2N5O2Ru-5. The molecule has 0 saturated heterocycles. The van der Waals surface area contributed by atoms with Gasteiger partial charge < -0.3 is 65.4 Å². The average Bonchev–Trinajstić information content (AvgIpc) is 1.00. The summed E-state index contributed by atoms with van der Waals surface area (Å²) in [4.78, 5) is 7.25. The minimum absolute atomic E-state index is 0. The topological polar surface area (TPSA) is 205 Å². The Bertz CT molecular complexity index is 17.6. The molecule has 0 bridgehead atoms. The van der Waals surface area contributed by atoms with E-state index in [-0.39, 0.29) is 74.4 Å². The summed E-state index contributed by atoms with van der Waals surface area (Å²) in [6.45, 7) is 0. The Morgan fingerprint density at radius 3 is 0.700 bits per heavy atom. The van der Waals surface area contributed by atoms with E-state index in [2.05, 4.69) is 0 Å². The standard InChI is InChI=1S/2ClH.NO.4H2N.H2O.Ru/c;;1-2;;;;;;/h2*1H;;5*1H2;/q;;5*-1;;+2/p-2. The van der Waals surface area contributed by atoms with Crippen molar-refractivity contribution in [3.63, 3.8) is 0 Å². The third-order valence-electron chi connectivity index (χ3n) is 0. The van der Waals surface area contributed by atoms with Gasteiger partial charge >= 0.3 is 19.5 Å². The van der Waals surface area contributed by atoms with Crippen LogP contribution in [0.1, 0.15) is 0 Å². The molecule has 74 valence electrons. The fourth-order valence-electron chi connectivity index (χ4n) is 0. The summed E-state index contributed by atoms with van der Waals surface area (Å²) >= 11 is 0. The van der Waals surface area contributed by atoms with E-state index in [0.29, 0.717) is 0 Å². The molecule has 0 aliphatic heterocycles. The van der Waals surface area contributed by atoms with Crippen LogP contribution < -0.4 is 24.8 Å². The van der Waals surface area contributed by atoms with E-state index in [1.807, 2.05) is 0 Å². The molecule has 0 heterocycles. The molecule has 0 spiro atoms. The summed E-state index contributed by atoms with van der Waals surface area (Å²) in [5.74, 6) is 0. The van der Waals surface area contributed by atoms with Gasteiger partial charge in [0.2, 0.25) is 0 Å². The van der Waals surface area contributed by atoms with Gasteiger partial charge in [0.05, 0.1) is 0 Å². The number of nitrogens with two attached hydrogens (primary N) is 4. The SMILES string of the molecule is O.[Cl-].[Cl-].[N-]=O.[NH2-].[NH2-].[NH2-].[NH2-].[Ru+2]. The molecular weight excluding hydrogens is 274 g/mol. The van der Waals surface area contributed by atoms with E-state index in [1.54, 1.807) is 0 Å². The molecule has 0 fully saturated rings. The normalized spacial score (nSPS) is 0.400. The zero-order chi connectivity index (χ0) is 2.00. The van der Waals surface area contributed by atoms with Crippen molar-refractivity contribution in [1.82, 2.24) is 0 Å². The van der Waals surface area contributed by atoms with Crippen LogP contribution in [-0.2, 0) is 19.5 Å². The summed E-state index contributed by atoms with van der Waals surface area (Å²) in [6, 6.07) is 0. The van der Waals surface area contributed by atoms with Crippen molar-refractivity contribution in [2.45, 2.75) is 0 Å². The van der Waals surface area contributed by atoms with E-state index in [4.69, 9.17) is 10.5 Å². The molecule has 0 aromatic heterocycles. The number of halogens is 2. The summed E-state index contributed by atoms with van der Waals surface area (Å²) in [6.07, 6.45) is 0. The Kier molecular flexibility index (Phi) is 74300. The Morgan fingerprint density at radius 2 is 0.700 bits per heavy atom. The first-order valence-corrected chi connectivity index (χ1v) is 0.183. The average molecular weight is 284 g/mol. The van der Waals surface area contributed by atoms with Gasteiger partial charge in [-0.2, -0.15) is 0 Å². The second-order valence-electron chi connectivity index (χ2n) is 0.